The highest BCUT2D eigenvalue weighted by Gasteiger charge is 2.28. The molecule has 2 aromatic rings. The quantitative estimate of drug-likeness (QED) is 0.745. The fraction of sp³-hybridized carbons (Fsp3) is 0.353. The Hall–Kier alpha value is -2.83. The van der Waals surface area contributed by atoms with Gasteiger partial charge in [-0.15, -0.1) is 0 Å². The Morgan fingerprint density at radius 2 is 1.88 bits per heavy atom. The van der Waals surface area contributed by atoms with E-state index in [1.807, 2.05) is 19.2 Å². The molecule has 24 heavy (non-hydrogen) atoms. The second-order valence-corrected chi connectivity index (χ2v) is 6.06. The number of hydrogen-bond donors (Lipinski definition) is 3. The Morgan fingerprint density at radius 3 is 2.46 bits per heavy atom. The molecule has 4 N–H and O–H groups in total. The first-order valence-electron chi connectivity index (χ1n) is 7.61. The van der Waals surface area contributed by atoms with Crippen LogP contribution in [0.2, 0.25) is 0 Å². The van der Waals surface area contributed by atoms with Crippen molar-refractivity contribution < 1.29 is 19.1 Å². The number of H-pyrrole nitrogens is 1. The molecule has 1 heterocycles. The van der Waals surface area contributed by atoms with E-state index in [4.69, 9.17) is 10.5 Å². The number of nitrogens with one attached hydrogen (secondary N) is 2. The lowest BCUT2D eigenvalue weighted by molar-refractivity contribution is -0.130. The van der Waals surface area contributed by atoms with Crippen molar-refractivity contribution in [2.75, 3.05) is 0 Å². The highest BCUT2D eigenvalue weighted by atomic mass is 16.5. The normalized spacial score (nSPS) is 12.2. The molecule has 1 atom stereocenters. The molecule has 0 spiro atoms. The number of aromatic amines is 1. The van der Waals surface area contributed by atoms with Crippen LogP contribution < -0.4 is 11.1 Å². The van der Waals surface area contributed by atoms with Gasteiger partial charge in [-0.1, -0.05) is 13.8 Å². The van der Waals surface area contributed by atoms with Crippen molar-refractivity contribution in [2.45, 2.75) is 33.8 Å². The van der Waals surface area contributed by atoms with Crippen LogP contribution in [-0.2, 0) is 9.53 Å². The molecular formula is C17H21N3O4. The van der Waals surface area contributed by atoms with E-state index in [0.29, 0.717) is 5.56 Å². The number of amides is 3. The van der Waals surface area contributed by atoms with E-state index >= 15 is 0 Å². The summed E-state index contributed by atoms with van der Waals surface area (Å²) >= 11 is 0. The molecule has 1 aromatic carbocycles. The molecule has 0 radical (unpaired) electrons. The van der Waals surface area contributed by atoms with Crippen LogP contribution in [0.4, 0.5) is 4.79 Å². The van der Waals surface area contributed by atoms with Crippen LogP contribution in [0.1, 0.15) is 35.5 Å². The summed E-state index contributed by atoms with van der Waals surface area (Å²) in [4.78, 5) is 38.4. The van der Waals surface area contributed by atoms with E-state index in [-0.39, 0.29) is 5.92 Å². The Labute approximate surface area is 139 Å². The van der Waals surface area contributed by atoms with Gasteiger partial charge in [0, 0.05) is 16.6 Å². The van der Waals surface area contributed by atoms with Crippen LogP contribution in [0, 0.1) is 19.8 Å². The summed E-state index contributed by atoms with van der Waals surface area (Å²) in [6, 6.07) is 4.16. The molecule has 0 aliphatic carbocycles. The number of nitrogens with two attached hydrogens (primary N) is 1. The number of esters is 1. The van der Waals surface area contributed by atoms with Gasteiger partial charge in [-0.05, 0) is 43.5 Å². The van der Waals surface area contributed by atoms with E-state index in [0.717, 1.165) is 22.2 Å². The zero-order valence-electron chi connectivity index (χ0n) is 14.1. The van der Waals surface area contributed by atoms with Gasteiger partial charge in [0.1, 0.15) is 0 Å². The minimum absolute atomic E-state index is 0.312. The minimum atomic E-state index is -1.10. The number of ether oxygens (including phenoxy) is 1. The van der Waals surface area contributed by atoms with E-state index in [9.17, 15) is 14.4 Å². The standard InChI is InChI=1S/C17H21N3O4/c1-8(2)14(15(21)20-17(18)23)24-16(22)11-5-6-13-12(7-11)9(3)10(4)19-13/h5-8,14,19H,1-4H3,(H3,18,20,21,23)/t14-/m0/s1. The topological polar surface area (TPSA) is 114 Å². The van der Waals surface area contributed by atoms with Gasteiger partial charge in [-0.2, -0.15) is 0 Å². The lowest BCUT2D eigenvalue weighted by Crippen LogP contribution is -2.45. The van der Waals surface area contributed by atoms with Crippen LogP contribution in [-0.4, -0.2) is 29.0 Å². The summed E-state index contributed by atoms with van der Waals surface area (Å²) in [6.45, 7) is 7.33. The van der Waals surface area contributed by atoms with Crippen LogP contribution in [0.5, 0.6) is 0 Å². The number of carbonyl (C=O) groups excluding carboxylic acids is 3. The highest BCUT2D eigenvalue weighted by Crippen LogP contribution is 2.23. The fourth-order valence-corrected chi connectivity index (χ4v) is 2.46. The Kier molecular flexibility index (Phi) is 4.92. The average Bonchev–Trinajstić information content (AvgIpc) is 2.78. The van der Waals surface area contributed by atoms with Crippen molar-refractivity contribution in [3.05, 3.63) is 35.0 Å². The molecule has 7 heteroatoms. The monoisotopic (exact) mass is 331 g/mol. The zero-order chi connectivity index (χ0) is 18.0. The number of fused-ring (bicyclic) bond motifs is 1. The molecule has 128 valence electrons. The predicted molar refractivity (Wildman–Crippen MR) is 89.5 cm³/mol. The van der Waals surface area contributed by atoms with Crippen LogP contribution in [0.15, 0.2) is 18.2 Å². The lowest BCUT2D eigenvalue weighted by atomic mass is 10.1. The first-order valence-corrected chi connectivity index (χ1v) is 7.61. The second kappa shape index (κ2) is 6.74. The van der Waals surface area contributed by atoms with Crippen LogP contribution in [0.25, 0.3) is 10.9 Å². The Balaban J connectivity index is 2.25. The zero-order valence-corrected chi connectivity index (χ0v) is 14.1. The van der Waals surface area contributed by atoms with Gasteiger partial charge in [0.2, 0.25) is 0 Å². The first-order chi connectivity index (χ1) is 11.2. The molecule has 7 nitrogen and oxygen atoms in total. The molecule has 0 aliphatic rings. The van der Waals surface area contributed by atoms with Crippen molar-refractivity contribution in [1.82, 2.24) is 10.3 Å². The van der Waals surface area contributed by atoms with Gasteiger partial charge in [0.15, 0.2) is 6.10 Å². The van der Waals surface area contributed by atoms with Crippen molar-refractivity contribution >= 4 is 28.8 Å². The first kappa shape index (κ1) is 17.5. The molecule has 0 fully saturated rings. The average molecular weight is 331 g/mol. The van der Waals surface area contributed by atoms with Crippen molar-refractivity contribution in [3.8, 4) is 0 Å². The van der Waals surface area contributed by atoms with Gasteiger partial charge in [-0.25, -0.2) is 9.59 Å². The fourth-order valence-electron chi connectivity index (χ4n) is 2.46. The van der Waals surface area contributed by atoms with Crippen molar-refractivity contribution in [2.24, 2.45) is 11.7 Å². The number of rotatable bonds is 4. The maximum Gasteiger partial charge on any atom is 0.338 e. The highest BCUT2D eigenvalue weighted by molar-refractivity contribution is 6.00. The molecule has 2 rings (SSSR count). The van der Waals surface area contributed by atoms with E-state index in [1.54, 1.807) is 32.0 Å². The van der Waals surface area contributed by atoms with Crippen LogP contribution in [0.3, 0.4) is 0 Å². The lowest BCUT2D eigenvalue weighted by Gasteiger charge is -2.19. The Bertz CT molecular complexity index is 808. The molecule has 3 amide bonds. The number of urea groups is 1. The summed E-state index contributed by atoms with van der Waals surface area (Å²) in [5.74, 6) is -1.68. The van der Waals surface area contributed by atoms with Crippen molar-refractivity contribution in [1.29, 1.82) is 0 Å². The summed E-state index contributed by atoms with van der Waals surface area (Å²) in [5, 5.41) is 2.86. The third-order valence-electron chi connectivity index (χ3n) is 3.89. The summed E-state index contributed by atoms with van der Waals surface area (Å²) in [7, 11) is 0. The van der Waals surface area contributed by atoms with Gasteiger partial charge < -0.3 is 15.5 Å². The molecule has 0 saturated heterocycles. The summed E-state index contributed by atoms with van der Waals surface area (Å²) in [5.41, 5.74) is 8.27. The number of imide groups is 1. The number of benzene rings is 1. The number of aromatic nitrogens is 1. The number of primary amides is 1. The van der Waals surface area contributed by atoms with Crippen LogP contribution >= 0.6 is 0 Å². The summed E-state index contributed by atoms with van der Waals surface area (Å²) in [6.07, 6.45) is -1.10. The third-order valence-corrected chi connectivity index (χ3v) is 3.89. The van der Waals surface area contributed by atoms with E-state index < -0.39 is 24.0 Å². The van der Waals surface area contributed by atoms with E-state index in [1.165, 1.54) is 0 Å². The third kappa shape index (κ3) is 3.56. The molecule has 0 aliphatic heterocycles. The molecular weight excluding hydrogens is 310 g/mol. The second-order valence-electron chi connectivity index (χ2n) is 6.06. The largest absolute Gasteiger partial charge is 0.448 e. The SMILES string of the molecule is Cc1[nH]c2ccc(C(=O)O[C@H](C(=O)NC(N)=O)C(C)C)cc2c1C. The summed E-state index contributed by atoms with van der Waals surface area (Å²) < 4.78 is 5.29. The number of hydrogen-bond acceptors (Lipinski definition) is 4. The van der Waals surface area contributed by atoms with Gasteiger partial charge in [0.25, 0.3) is 5.91 Å². The maximum absolute atomic E-state index is 12.4. The molecule has 0 unspecified atom stereocenters. The number of carbonyl (C=O) groups is 3. The maximum atomic E-state index is 12.4. The van der Waals surface area contributed by atoms with E-state index in [2.05, 4.69) is 4.98 Å². The molecule has 0 saturated carbocycles. The van der Waals surface area contributed by atoms with Crippen molar-refractivity contribution in [3.63, 3.8) is 0 Å². The molecule has 1 aromatic heterocycles. The minimum Gasteiger partial charge on any atom is -0.448 e. The smallest absolute Gasteiger partial charge is 0.338 e. The Morgan fingerprint density at radius 1 is 1.21 bits per heavy atom. The predicted octanol–water partition coefficient (Wildman–Crippen LogP) is 2.16. The molecule has 0 bridgehead atoms. The van der Waals surface area contributed by atoms with Gasteiger partial charge in [0.05, 0.1) is 5.56 Å². The number of aryl methyl sites for hydroxylation is 2. The van der Waals surface area contributed by atoms with Gasteiger partial charge >= 0.3 is 12.0 Å². The van der Waals surface area contributed by atoms with Gasteiger partial charge in [-0.3, -0.25) is 10.1 Å².